The topological polar surface area (TPSA) is 70.1 Å². The maximum absolute atomic E-state index is 8.41. The Balaban J connectivity index is 4.07. The summed E-state index contributed by atoms with van der Waals surface area (Å²) >= 11 is 0. The van der Waals surface area contributed by atoms with E-state index in [0.717, 1.165) is 6.21 Å². The van der Waals surface area contributed by atoms with Crippen LogP contribution in [-0.4, -0.2) is 17.9 Å². The highest BCUT2D eigenvalue weighted by molar-refractivity contribution is 5.76. The van der Waals surface area contributed by atoms with Gasteiger partial charge in [0.05, 0.1) is 6.61 Å². The Kier molecular flexibility index (Phi) is 2.88. The first-order valence-electron chi connectivity index (χ1n) is 2.29. The quantitative estimate of drug-likeness (QED) is 0.437. The van der Waals surface area contributed by atoms with Gasteiger partial charge in [0.25, 0.3) is 0 Å². The van der Waals surface area contributed by atoms with Gasteiger partial charge in [-0.1, -0.05) is 0 Å². The zero-order chi connectivity index (χ0) is 6.57. The van der Waals surface area contributed by atoms with Gasteiger partial charge in [-0.05, 0) is 6.92 Å². The van der Waals surface area contributed by atoms with Gasteiger partial charge in [-0.3, -0.25) is 0 Å². The molecule has 0 aromatic rings. The summed E-state index contributed by atoms with van der Waals surface area (Å²) in [6.45, 7) is 1.50. The zero-order valence-corrected chi connectivity index (χ0v) is 4.81. The summed E-state index contributed by atoms with van der Waals surface area (Å²) in [4.78, 5) is 0. The van der Waals surface area contributed by atoms with Crippen molar-refractivity contribution in [3.8, 4) is 0 Å². The fraction of sp³-hybridized carbons (Fsp3) is 0.400. The van der Waals surface area contributed by atoms with E-state index in [4.69, 9.17) is 16.2 Å². The first kappa shape index (κ1) is 7.17. The van der Waals surface area contributed by atoms with E-state index in [9.17, 15) is 0 Å². The molecule has 46 valence electrons. The molecule has 0 bridgehead atoms. The summed E-state index contributed by atoms with van der Waals surface area (Å²) in [5.41, 5.74) is 6.21. The third-order valence-corrected chi connectivity index (χ3v) is 0.851. The van der Waals surface area contributed by atoms with Crippen molar-refractivity contribution in [3.05, 3.63) is 11.3 Å². The van der Waals surface area contributed by atoms with E-state index in [2.05, 4.69) is 0 Å². The van der Waals surface area contributed by atoms with Crippen molar-refractivity contribution in [2.75, 3.05) is 6.61 Å². The number of hydrogen-bond acceptors (Lipinski definition) is 3. The van der Waals surface area contributed by atoms with E-state index < -0.39 is 0 Å². The molecule has 0 aliphatic rings. The van der Waals surface area contributed by atoms with E-state index in [1.165, 1.54) is 0 Å². The molecule has 4 N–H and O–H groups in total. The van der Waals surface area contributed by atoms with Crippen molar-refractivity contribution >= 4 is 6.21 Å². The van der Waals surface area contributed by atoms with Crippen LogP contribution in [0.2, 0.25) is 0 Å². The number of nitrogens with two attached hydrogens (primary N) is 1. The Morgan fingerprint density at radius 3 is 2.38 bits per heavy atom. The van der Waals surface area contributed by atoms with Gasteiger partial charge in [0.1, 0.15) is 0 Å². The summed E-state index contributed by atoms with van der Waals surface area (Å²) in [5.74, 6) is 0. The summed E-state index contributed by atoms with van der Waals surface area (Å²) < 4.78 is 0. The van der Waals surface area contributed by atoms with Crippen molar-refractivity contribution in [2.24, 2.45) is 5.73 Å². The van der Waals surface area contributed by atoms with Crippen LogP contribution in [0.1, 0.15) is 6.92 Å². The molecule has 0 unspecified atom stereocenters. The highest BCUT2D eigenvalue weighted by Crippen LogP contribution is 1.90. The number of allylic oxidation sites excluding steroid dienone is 1. The molecule has 0 radical (unpaired) electrons. The molecule has 3 heteroatoms. The number of aliphatic hydroxyl groups excluding tert-OH is 1. The van der Waals surface area contributed by atoms with Gasteiger partial charge in [0, 0.05) is 17.5 Å². The van der Waals surface area contributed by atoms with Crippen LogP contribution in [0.5, 0.6) is 0 Å². The lowest BCUT2D eigenvalue weighted by Gasteiger charge is -1.95. The SMILES string of the molecule is C/C(N)=C(/C=N)CO. The van der Waals surface area contributed by atoms with E-state index in [1.807, 2.05) is 0 Å². The first-order chi connectivity index (χ1) is 3.72. The maximum atomic E-state index is 8.41. The third-order valence-electron chi connectivity index (χ3n) is 0.851. The second-order valence-electron chi connectivity index (χ2n) is 1.51. The van der Waals surface area contributed by atoms with Crippen LogP contribution in [0, 0.1) is 5.41 Å². The van der Waals surface area contributed by atoms with Gasteiger partial charge >= 0.3 is 0 Å². The summed E-state index contributed by atoms with van der Waals surface area (Å²) in [7, 11) is 0. The normalized spacial score (nSPS) is 12.8. The Morgan fingerprint density at radius 2 is 2.38 bits per heavy atom. The average molecular weight is 114 g/mol. The van der Waals surface area contributed by atoms with Crippen LogP contribution in [0.4, 0.5) is 0 Å². The lowest BCUT2D eigenvalue weighted by Crippen LogP contribution is -2.02. The molecule has 0 spiro atoms. The third kappa shape index (κ3) is 1.75. The molecular weight excluding hydrogens is 104 g/mol. The molecule has 0 heterocycles. The Labute approximate surface area is 48.3 Å². The molecule has 0 saturated heterocycles. The molecule has 0 rings (SSSR count). The largest absolute Gasteiger partial charge is 0.402 e. The number of nitrogens with one attached hydrogen (secondary N) is 1. The van der Waals surface area contributed by atoms with E-state index in [0.29, 0.717) is 11.3 Å². The smallest absolute Gasteiger partial charge is 0.0713 e. The summed E-state index contributed by atoms with van der Waals surface area (Å²) in [6, 6.07) is 0. The highest BCUT2D eigenvalue weighted by atomic mass is 16.3. The minimum atomic E-state index is -0.147. The Morgan fingerprint density at radius 1 is 1.88 bits per heavy atom. The summed E-state index contributed by atoms with van der Waals surface area (Å²) in [5, 5.41) is 15.1. The molecule has 0 saturated carbocycles. The second kappa shape index (κ2) is 3.21. The lowest BCUT2D eigenvalue weighted by atomic mass is 10.2. The first-order valence-corrected chi connectivity index (χ1v) is 2.29. The van der Waals surface area contributed by atoms with Crippen LogP contribution < -0.4 is 5.73 Å². The molecule has 8 heavy (non-hydrogen) atoms. The van der Waals surface area contributed by atoms with Crippen LogP contribution >= 0.6 is 0 Å². The van der Waals surface area contributed by atoms with Crippen molar-refractivity contribution in [1.29, 1.82) is 5.41 Å². The number of rotatable bonds is 2. The van der Waals surface area contributed by atoms with Crippen molar-refractivity contribution in [2.45, 2.75) is 6.92 Å². The van der Waals surface area contributed by atoms with Gasteiger partial charge < -0.3 is 16.2 Å². The van der Waals surface area contributed by atoms with E-state index in [1.54, 1.807) is 6.92 Å². The van der Waals surface area contributed by atoms with Crippen molar-refractivity contribution in [1.82, 2.24) is 0 Å². The molecule has 0 fully saturated rings. The molecule has 0 atom stereocenters. The van der Waals surface area contributed by atoms with Crippen LogP contribution in [-0.2, 0) is 0 Å². The predicted molar refractivity (Wildman–Crippen MR) is 32.8 cm³/mol. The van der Waals surface area contributed by atoms with Gasteiger partial charge in [-0.25, -0.2) is 0 Å². The van der Waals surface area contributed by atoms with Gasteiger partial charge in [0.15, 0.2) is 0 Å². The van der Waals surface area contributed by atoms with Crippen LogP contribution in [0.3, 0.4) is 0 Å². The van der Waals surface area contributed by atoms with Gasteiger partial charge in [-0.2, -0.15) is 0 Å². The van der Waals surface area contributed by atoms with Gasteiger partial charge in [-0.15, -0.1) is 0 Å². The molecule has 0 aromatic heterocycles. The molecule has 0 aliphatic heterocycles. The van der Waals surface area contributed by atoms with Crippen LogP contribution in [0.15, 0.2) is 11.3 Å². The Bertz CT molecular complexity index is 114. The standard InChI is InChI=1S/C5H10N2O/c1-4(7)5(2-6)3-8/h2,6,8H,3,7H2,1H3/b5-4+,6-2?. The molecule has 0 aromatic carbocycles. The van der Waals surface area contributed by atoms with E-state index >= 15 is 0 Å². The second-order valence-corrected chi connectivity index (χ2v) is 1.51. The number of hydrogen-bond donors (Lipinski definition) is 3. The fourth-order valence-electron chi connectivity index (χ4n) is 0.284. The van der Waals surface area contributed by atoms with Gasteiger partial charge in [0.2, 0.25) is 0 Å². The lowest BCUT2D eigenvalue weighted by molar-refractivity contribution is 0.336. The maximum Gasteiger partial charge on any atom is 0.0713 e. The minimum Gasteiger partial charge on any atom is -0.402 e. The monoisotopic (exact) mass is 114 g/mol. The summed E-state index contributed by atoms with van der Waals surface area (Å²) in [6.07, 6.45) is 1.05. The molecule has 3 nitrogen and oxygen atoms in total. The zero-order valence-electron chi connectivity index (χ0n) is 4.81. The molecule has 0 aliphatic carbocycles. The fourth-order valence-corrected chi connectivity index (χ4v) is 0.284. The van der Waals surface area contributed by atoms with Crippen LogP contribution in [0.25, 0.3) is 0 Å². The predicted octanol–water partition coefficient (Wildman–Crippen LogP) is -0.139. The minimum absolute atomic E-state index is 0.147. The Hall–Kier alpha value is -0.830. The average Bonchev–Trinajstić information content (AvgIpc) is 1.69. The number of aliphatic hydroxyl groups is 1. The van der Waals surface area contributed by atoms with E-state index in [-0.39, 0.29) is 6.61 Å². The molecule has 0 amide bonds. The molecular formula is C5H10N2O. The van der Waals surface area contributed by atoms with Crippen molar-refractivity contribution in [3.63, 3.8) is 0 Å². The van der Waals surface area contributed by atoms with Crippen molar-refractivity contribution < 1.29 is 5.11 Å². The highest BCUT2D eigenvalue weighted by Gasteiger charge is 1.89.